The van der Waals surface area contributed by atoms with Gasteiger partial charge in [-0.25, -0.2) is 4.57 Å². The minimum absolute atomic E-state index is 0.917. The predicted molar refractivity (Wildman–Crippen MR) is 39.3 cm³/mol. The second-order valence-electron chi connectivity index (χ2n) is 1.33. The molecule has 3 N–H and O–H groups in total. The average Bonchev–Trinajstić information content (AvgIpc) is 1.63. The van der Waals surface area contributed by atoms with Crippen LogP contribution in [0.1, 0.15) is 6.42 Å². The Bertz CT molecular complexity index is 122. The smallest absolute Gasteiger partial charge is 0.303 e. The van der Waals surface area contributed by atoms with E-state index in [2.05, 4.69) is 13.2 Å². The van der Waals surface area contributed by atoms with Crippen molar-refractivity contribution in [1.29, 1.82) is 0 Å². The highest BCUT2D eigenvalue weighted by molar-refractivity contribution is 7.45. The zero-order valence-corrected chi connectivity index (χ0v) is 6.37. The quantitative estimate of drug-likeness (QED) is 0.419. The van der Waals surface area contributed by atoms with Gasteiger partial charge in [0.15, 0.2) is 0 Å². The molecule has 10 heavy (non-hydrogen) atoms. The Kier molecular flexibility index (Phi) is 8.24. The van der Waals surface area contributed by atoms with E-state index in [1.165, 1.54) is 0 Å². The SMILES string of the molecule is C=CCC=C.O=P(O)(O)O. The third kappa shape index (κ3) is 130. The lowest BCUT2D eigenvalue weighted by molar-refractivity contribution is 0.275. The second-order valence-corrected chi connectivity index (χ2v) is 2.35. The van der Waals surface area contributed by atoms with Crippen LogP contribution in [0.2, 0.25) is 0 Å². The first kappa shape index (κ1) is 12.3. The minimum atomic E-state index is -4.64. The van der Waals surface area contributed by atoms with E-state index in [9.17, 15) is 0 Å². The van der Waals surface area contributed by atoms with Crippen molar-refractivity contribution in [1.82, 2.24) is 0 Å². The highest BCUT2D eigenvalue weighted by atomic mass is 31.2. The van der Waals surface area contributed by atoms with Crippen molar-refractivity contribution in [3.63, 3.8) is 0 Å². The molecule has 0 saturated heterocycles. The van der Waals surface area contributed by atoms with E-state index >= 15 is 0 Å². The van der Waals surface area contributed by atoms with Gasteiger partial charge in [-0.1, -0.05) is 12.2 Å². The molecule has 0 amide bonds. The van der Waals surface area contributed by atoms with Gasteiger partial charge < -0.3 is 14.7 Å². The summed E-state index contributed by atoms with van der Waals surface area (Å²) < 4.78 is 8.88. The fraction of sp³-hybridized carbons (Fsp3) is 0.200. The molecule has 0 aromatic rings. The summed E-state index contributed by atoms with van der Waals surface area (Å²) in [5.41, 5.74) is 0. The van der Waals surface area contributed by atoms with Crippen LogP contribution >= 0.6 is 7.82 Å². The van der Waals surface area contributed by atoms with Gasteiger partial charge >= 0.3 is 7.82 Å². The summed E-state index contributed by atoms with van der Waals surface area (Å²) in [5, 5.41) is 0. The molecule has 0 aromatic heterocycles. The van der Waals surface area contributed by atoms with E-state index in [-0.39, 0.29) is 0 Å². The highest BCUT2D eigenvalue weighted by Gasteiger charge is 2.00. The van der Waals surface area contributed by atoms with Crippen LogP contribution in [-0.2, 0) is 4.57 Å². The number of hydrogen-bond donors (Lipinski definition) is 3. The monoisotopic (exact) mass is 166 g/mol. The lowest BCUT2D eigenvalue weighted by Crippen LogP contribution is -1.66. The Morgan fingerprint density at radius 2 is 1.40 bits per heavy atom. The van der Waals surface area contributed by atoms with E-state index in [4.69, 9.17) is 19.2 Å². The van der Waals surface area contributed by atoms with Crippen molar-refractivity contribution in [2.75, 3.05) is 0 Å². The van der Waals surface area contributed by atoms with Crippen LogP contribution in [0.25, 0.3) is 0 Å². The molecule has 0 atom stereocenters. The third-order valence-corrected chi connectivity index (χ3v) is 0.333. The maximum atomic E-state index is 8.88. The van der Waals surface area contributed by atoms with E-state index in [1.54, 1.807) is 0 Å². The highest BCUT2D eigenvalue weighted by Crippen LogP contribution is 2.25. The van der Waals surface area contributed by atoms with Gasteiger partial charge in [0.05, 0.1) is 0 Å². The Morgan fingerprint density at radius 1 is 1.20 bits per heavy atom. The summed E-state index contributed by atoms with van der Waals surface area (Å²) in [6.45, 7) is 6.96. The van der Waals surface area contributed by atoms with Crippen LogP contribution < -0.4 is 0 Å². The van der Waals surface area contributed by atoms with Crippen LogP contribution in [0, 0.1) is 0 Å². The van der Waals surface area contributed by atoms with Gasteiger partial charge in [0, 0.05) is 0 Å². The molecule has 0 heterocycles. The Hall–Kier alpha value is -0.410. The minimum Gasteiger partial charge on any atom is -0.303 e. The molecule has 5 heteroatoms. The van der Waals surface area contributed by atoms with Gasteiger partial charge in [0.1, 0.15) is 0 Å². The fourth-order valence-electron chi connectivity index (χ4n) is 0.118. The Balaban J connectivity index is 0. The molecule has 0 radical (unpaired) electrons. The fourth-order valence-corrected chi connectivity index (χ4v) is 0.118. The van der Waals surface area contributed by atoms with Crippen LogP contribution in [0.15, 0.2) is 25.3 Å². The predicted octanol–water partition coefficient (Wildman–Crippen LogP) is 0.820. The first-order valence-corrected chi connectivity index (χ1v) is 3.98. The summed E-state index contributed by atoms with van der Waals surface area (Å²) in [4.78, 5) is 21.6. The van der Waals surface area contributed by atoms with Crippen molar-refractivity contribution in [3.8, 4) is 0 Å². The zero-order chi connectivity index (χ0) is 8.62. The first-order chi connectivity index (χ1) is 4.41. The van der Waals surface area contributed by atoms with Crippen LogP contribution in [-0.4, -0.2) is 14.7 Å². The van der Waals surface area contributed by atoms with Gasteiger partial charge in [-0.15, -0.1) is 13.2 Å². The van der Waals surface area contributed by atoms with Crippen LogP contribution in [0.3, 0.4) is 0 Å². The summed E-state index contributed by atoms with van der Waals surface area (Å²) >= 11 is 0. The maximum Gasteiger partial charge on any atom is 0.466 e. The second kappa shape index (κ2) is 6.71. The number of hydrogen-bond acceptors (Lipinski definition) is 1. The molecule has 0 aliphatic heterocycles. The topological polar surface area (TPSA) is 77.8 Å². The van der Waals surface area contributed by atoms with Crippen molar-refractivity contribution < 1.29 is 19.2 Å². The van der Waals surface area contributed by atoms with Gasteiger partial charge in [0.2, 0.25) is 0 Å². The summed E-state index contributed by atoms with van der Waals surface area (Å²) in [6.07, 6.45) is 4.54. The molecule has 0 aliphatic carbocycles. The normalized spacial score (nSPS) is 9.10. The summed E-state index contributed by atoms with van der Waals surface area (Å²) in [6, 6.07) is 0. The Morgan fingerprint density at radius 3 is 1.40 bits per heavy atom. The molecule has 0 unspecified atom stereocenters. The third-order valence-electron chi connectivity index (χ3n) is 0.333. The number of rotatable bonds is 2. The van der Waals surface area contributed by atoms with Gasteiger partial charge in [-0.3, -0.25) is 0 Å². The van der Waals surface area contributed by atoms with Crippen molar-refractivity contribution >= 4 is 7.82 Å². The molecule has 0 bridgehead atoms. The molecule has 0 aliphatic rings. The number of phosphoric acid groups is 1. The molecule has 0 fully saturated rings. The van der Waals surface area contributed by atoms with Crippen LogP contribution in [0.4, 0.5) is 0 Å². The summed E-state index contributed by atoms with van der Waals surface area (Å²) in [7, 11) is -4.64. The van der Waals surface area contributed by atoms with Gasteiger partial charge in [-0.2, -0.15) is 0 Å². The first-order valence-electron chi connectivity index (χ1n) is 2.42. The molecular formula is C5H11O4P. The van der Waals surface area contributed by atoms with Crippen molar-refractivity contribution in [3.05, 3.63) is 25.3 Å². The van der Waals surface area contributed by atoms with E-state index < -0.39 is 7.82 Å². The zero-order valence-electron chi connectivity index (χ0n) is 5.47. The van der Waals surface area contributed by atoms with Crippen LogP contribution in [0.5, 0.6) is 0 Å². The molecule has 0 saturated carbocycles. The average molecular weight is 166 g/mol. The van der Waals surface area contributed by atoms with Crippen molar-refractivity contribution in [2.45, 2.75) is 6.42 Å². The molecule has 4 nitrogen and oxygen atoms in total. The standard InChI is InChI=1S/C5H8.H3O4P/c1-3-5-4-2;1-5(2,3)4/h3-4H,1-2,5H2;(H3,1,2,3,4). The van der Waals surface area contributed by atoms with E-state index in [0.29, 0.717) is 0 Å². The largest absolute Gasteiger partial charge is 0.466 e. The molecule has 0 spiro atoms. The summed E-state index contributed by atoms with van der Waals surface area (Å²) in [5.74, 6) is 0. The lowest BCUT2D eigenvalue weighted by atomic mass is 10.4. The molecule has 0 rings (SSSR count). The molecular weight excluding hydrogens is 155 g/mol. The molecule has 60 valence electrons. The Labute approximate surface area is 59.8 Å². The number of allylic oxidation sites excluding steroid dienone is 2. The van der Waals surface area contributed by atoms with Gasteiger partial charge in [0.25, 0.3) is 0 Å². The van der Waals surface area contributed by atoms with Gasteiger partial charge in [-0.05, 0) is 6.42 Å². The van der Waals surface area contributed by atoms with E-state index in [0.717, 1.165) is 6.42 Å². The molecule has 0 aromatic carbocycles. The van der Waals surface area contributed by atoms with Crippen molar-refractivity contribution in [2.24, 2.45) is 0 Å². The van der Waals surface area contributed by atoms with E-state index in [1.807, 2.05) is 12.2 Å². The lowest BCUT2D eigenvalue weighted by Gasteiger charge is -1.82. The maximum absolute atomic E-state index is 8.88.